The Morgan fingerprint density at radius 2 is 2.05 bits per heavy atom. The minimum atomic E-state index is -0.408. The molecule has 0 heterocycles. The maximum absolute atomic E-state index is 12.2. The standard InChI is InChI=1S/C15H14ClNO3/c1-9-6-7-12(18)11(8-9)17-15(19)10-4-3-5-13(20-2)14(10)16/h3-8,18H,1-2H3,(H,17,19). The van der Waals surface area contributed by atoms with E-state index in [9.17, 15) is 9.90 Å². The zero-order chi connectivity index (χ0) is 14.7. The molecule has 1 amide bonds. The fourth-order valence-electron chi connectivity index (χ4n) is 1.78. The Balaban J connectivity index is 2.31. The summed E-state index contributed by atoms with van der Waals surface area (Å²) in [5, 5.41) is 12.6. The van der Waals surface area contributed by atoms with Crippen molar-refractivity contribution in [3.05, 3.63) is 52.5 Å². The summed E-state index contributed by atoms with van der Waals surface area (Å²) in [6.07, 6.45) is 0. The summed E-state index contributed by atoms with van der Waals surface area (Å²) in [4.78, 5) is 12.2. The number of halogens is 1. The van der Waals surface area contributed by atoms with Crippen molar-refractivity contribution >= 4 is 23.2 Å². The van der Waals surface area contributed by atoms with E-state index in [1.54, 1.807) is 30.3 Å². The van der Waals surface area contributed by atoms with Crippen molar-refractivity contribution in [2.75, 3.05) is 12.4 Å². The van der Waals surface area contributed by atoms with Crippen LogP contribution < -0.4 is 10.1 Å². The van der Waals surface area contributed by atoms with Gasteiger partial charge >= 0.3 is 0 Å². The van der Waals surface area contributed by atoms with Gasteiger partial charge < -0.3 is 15.2 Å². The van der Waals surface area contributed by atoms with E-state index < -0.39 is 5.91 Å². The molecule has 2 aromatic carbocycles. The second-order valence-corrected chi connectivity index (χ2v) is 4.67. The Morgan fingerprint density at radius 3 is 2.75 bits per heavy atom. The number of carbonyl (C=O) groups is 1. The summed E-state index contributed by atoms with van der Waals surface area (Å²) in [5.41, 5.74) is 1.55. The number of carbonyl (C=O) groups excluding carboxylic acids is 1. The first kappa shape index (κ1) is 14.2. The van der Waals surface area contributed by atoms with Crippen LogP contribution in [0.3, 0.4) is 0 Å². The van der Waals surface area contributed by atoms with Crippen molar-refractivity contribution in [2.45, 2.75) is 6.92 Å². The van der Waals surface area contributed by atoms with Gasteiger partial charge in [0.05, 0.1) is 23.4 Å². The van der Waals surface area contributed by atoms with Crippen LogP contribution in [0.15, 0.2) is 36.4 Å². The van der Waals surface area contributed by atoms with Gasteiger partial charge in [0.25, 0.3) is 5.91 Å². The van der Waals surface area contributed by atoms with Crippen LogP contribution in [0, 0.1) is 6.92 Å². The lowest BCUT2D eigenvalue weighted by atomic mass is 10.1. The van der Waals surface area contributed by atoms with Crippen molar-refractivity contribution < 1.29 is 14.6 Å². The van der Waals surface area contributed by atoms with Gasteiger partial charge in [-0.3, -0.25) is 4.79 Å². The second kappa shape index (κ2) is 5.84. The highest BCUT2D eigenvalue weighted by atomic mass is 35.5. The van der Waals surface area contributed by atoms with E-state index in [1.807, 2.05) is 6.92 Å². The Labute approximate surface area is 122 Å². The molecule has 104 valence electrons. The summed E-state index contributed by atoms with van der Waals surface area (Å²) in [5.74, 6) is 0.0190. The molecule has 0 saturated carbocycles. The largest absolute Gasteiger partial charge is 0.506 e. The lowest BCUT2D eigenvalue weighted by Gasteiger charge is -2.11. The van der Waals surface area contributed by atoms with Crippen molar-refractivity contribution in [2.24, 2.45) is 0 Å². The Kier molecular flexibility index (Phi) is 4.15. The summed E-state index contributed by atoms with van der Waals surface area (Å²) in [6.45, 7) is 1.87. The highest BCUT2D eigenvalue weighted by molar-refractivity contribution is 6.35. The number of amides is 1. The summed E-state index contributed by atoms with van der Waals surface area (Å²) < 4.78 is 5.07. The summed E-state index contributed by atoms with van der Waals surface area (Å²) >= 11 is 6.09. The molecule has 0 fully saturated rings. The van der Waals surface area contributed by atoms with Crippen molar-refractivity contribution in [3.8, 4) is 11.5 Å². The smallest absolute Gasteiger partial charge is 0.257 e. The zero-order valence-corrected chi connectivity index (χ0v) is 11.9. The van der Waals surface area contributed by atoms with Crippen LogP contribution >= 0.6 is 11.6 Å². The SMILES string of the molecule is COc1cccc(C(=O)Nc2cc(C)ccc2O)c1Cl. The van der Waals surface area contributed by atoms with Crippen LogP contribution in [-0.2, 0) is 0 Å². The predicted molar refractivity (Wildman–Crippen MR) is 78.8 cm³/mol. The molecule has 5 heteroatoms. The first-order chi connectivity index (χ1) is 9.52. The number of hydrogen-bond donors (Lipinski definition) is 2. The molecular formula is C15H14ClNO3. The minimum absolute atomic E-state index is 0.00275. The highest BCUT2D eigenvalue weighted by Gasteiger charge is 2.15. The normalized spacial score (nSPS) is 10.2. The van der Waals surface area contributed by atoms with E-state index >= 15 is 0 Å². The van der Waals surface area contributed by atoms with Crippen LogP contribution in [-0.4, -0.2) is 18.1 Å². The average molecular weight is 292 g/mol. The monoisotopic (exact) mass is 291 g/mol. The quantitative estimate of drug-likeness (QED) is 0.849. The average Bonchev–Trinajstić information content (AvgIpc) is 2.43. The molecule has 20 heavy (non-hydrogen) atoms. The van der Waals surface area contributed by atoms with E-state index in [4.69, 9.17) is 16.3 Å². The number of benzene rings is 2. The Morgan fingerprint density at radius 1 is 1.30 bits per heavy atom. The van der Waals surface area contributed by atoms with Gasteiger partial charge in [0.2, 0.25) is 0 Å². The number of hydrogen-bond acceptors (Lipinski definition) is 3. The minimum Gasteiger partial charge on any atom is -0.506 e. The molecule has 0 unspecified atom stereocenters. The zero-order valence-electron chi connectivity index (χ0n) is 11.1. The number of ether oxygens (including phenoxy) is 1. The molecule has 0 bridgehead atoms. The van der Waals surface area contributed by atoms with Crippen LogP contribution in [0.5, 0.6) is 11.5 Å². The lowest BCUT2D eigenvalue weighted by molar-refractivity contribution is 0.102. The van der Waals surface area contributed by atoms with Gasteiger partial charge in [-0.25, -0.2) is 0 Å². The number of aromatic hydroxyl groups is 1. The first-order valence-electron chi connectivity index (χ1n) is 5.96. The Bertz CT molecular complexity index is 656. The predicted octanol–water partition coefficient (Wildman–Crippen LogP) is 3.61. The number of aryl methyl sites for hydroxylation is 1. The van der Waals surface area contributed by atoms with Crippen molar-refractivity contribution in [1.29, 1.82) is 0 Å². The van der Waals surface area contributed by atoms with Crippen LogP contribution in [0.4, 0.5) is 5.69 Å². The Hall–Kier alpha value is -2.20. The van der Waals surface area contributed by atoms with Crippen LogP contribution in [0.2, 0.25) is 5.02 Å². The van der Waals surface area contributed by atoms with Crippen LogP contribution in [0.1, 0.15) is 15.9 Å². The van der Waals surface area contributed by atoms with E-state index in [1.165, 1.54) is 13.2 Å². The molecule has 0 radical (unpaired) electrons. The first-order valence-corrected chi connectivity index (χ1v) is 6.34. The van der Waals surface area contributed by atoms with Gasteiger partial charge in [-0.15, -0.1) is 0 Å². The van der Waals surface area contributed by atoms with Crippen LogP contribution in [0.25, 0.3) is 0 Å². The molecule has 0 saturated heterocycles. The molecule has 0 aromatic heterocycles. The highest BCUT2D eigenvalue weighted by Crippen LogP contribution is 2.30. The number of rotatable bonds is 3. The van der Waals surface area contributed by atoms with E-state index in [2.05, 4.69) is 5.32 Å². The maximum Gasteiger partial charge on any atom is 0.257 e. The third-order valence-corrected chi connectivity index (χ3v) is 3.22. The molecule has 0 aliphatic carbocycles. The molecule has 2 rings (SSSR count). The number of phenolic OH excluding ortho intramolecular Hbond substituents is 1. The van der Waals surface area contributed by atoms with Gasteiger partial charge in [0.15, 0.2) is 0 Å². The van der Waals surface area contributed by atoms with Gasteiger partial charge in [0.1, 0.15) is 11.5 Å². The van der Waals surface area contributed by atoms with Gasteiger partial charge in [0, 0.05) is 0 Å². The van der Waals surface area contributed by atoms with Crippen molar-refractivity contribution in [1.82, 2.24) is 0 Å². The van der Waals surface area contributed by atoms with E-state index in [0.717, 1.165) is 5.56 Å². The molecular weight excluding hydrogens is 278 g/mol. The third kappa shape index (κ3) is 2.86. The maximum atomic E-state index is 12.2. The van der Waals surface area contributed by atoms with Crippen molar-refractivity contribution in [3.63, 3.8) is 0 Å². The summed E-state index contributed by atoms with van der Waals surface area (Å²) in [7, 11) is 1.48. The third-order valence-electron chi connectivity index (χ3n) is 2.83. The molecule has 2 N–H and O–H groups in total. The number of methoxy groups -OCH3 is 1. The number of phenols is 1. The summed E-state index contributed by atoms with van der Waals surface area (Å²) in [6, 6.07) is 9.90. The van der Waals surface area contributed by atoms with E-state index in [0.29, 0.717) is 11.4 Å². The molecule has 0 spiro atoms. The second-order valence-electron chi connectivity index (χ2n) is 4.30. The molecule has 2 aromatic rings. The van der Waals surface area contributed by atoms with Gasteiger partial charge in [-0.05, 0) is 36.8 Å². The lowest BCUT2D eigenvalue weighted by Crippen LogP contribution is -2.13. The molecule has 0 aliphatic rings. The van der Waals surface area contributed by atoms with Gasteiger partial charge in [-0.2, -0.15) is 0 Å². The number of nitrogens with one attached hydrogen (secondary N) is 1. The number of anilines is 1. The van der Waals surface area contributed by atoms with E-state index in [-0.39, 0.29) is 16.3 Å². The fraction of sp³-hybridized carbons (Fsp3) is 0.133. The van der Waals surface area contributed by atoms with Gasteiger partial charge in [-0.1, -0.05) is 23.7 Å². The molecule has 0 atom stereocenters. The molecule has 4 nitrogen and oxygen atoms in total. The topological polar surface area (TPSA) is 58.6 Å². The fourth-order valence-corrected chi connectivity index (χ4v) is 2.07. The molecule has 0 aliphatic heterocycles.